The van der Waals surface area contributed by atoms with Gasteiger partial charge in [0.15, 0.2) is 0 Å². The van der Waals surface area contributed by atoms with Crippen LogP contribution in [0.15, 0.2) is 54.1 Å². The van der Waals surface area contributed by atoms with Gasteiger partial charge in [-0.05, 0) is 57.8 Å². The molecule has 2 rings (SSSR count). The monoisotopic (exact) mass is 461 g/mol. The van der Waals surface area contributed by atoms with Crippen molar-refractivity contribution in [3.05, 3.63) is 54.1 Å². The molecule has 2 aromatic carbocycles. The summed E-state index contributed by atoms with van der Waals surface area (Å²) in [5.74, 6) is 0.207. The minimum Gasteiger partial charge on any atom is -0.488 e. The summed E-state index contributed by atoms with van der Waals surface area (Å²) in [4.78, 5) is 25.9. The van der Waals surface area contributed by atoms with E-state index in [1.54, 1.807) is 5.48 Å². The molecule has 3 N–H and O–H groups in total. The second-order valence-corrected chi connectivity index (χ2v) is 7.69. The summed E-state index contributed by atoms with van der Waals surface area (Å²) in [5.41, 5.74) is 2.20. The van der Waals surface area contributed by atoms with Crippen LogP contribution in [0.4, 0.5) is 0 Å². The van der Waals surface area contributed by atoms with Gasteiger partial charge < -0.3 is 15.0 Å². The lowest BCUT2D eigenvalue weighted by Gasteiger charge is -2.14. The molecule has 8 heteroatoms. The normalized spacial score (nSPS) is 11.2. The first-order valence-corrected chi connectivity index (χ1v) is 10.7. The van der Waals surface area contributed by atoms with Crippen molar-refractivity contribution in [1.82, 2.24) is 15.7 Å². The number of ether oxygens (including phenoxy) is 1. The molecular weight excluding hydrogens is 425 g/mol. The average molecular weight is 462 g/mol. The highest BCUT2D eigenvalue weighted by molar-refractivity contribution is 6.92. The quantitative estimate of drug-likeness (QED) is 0.140. The van der Waals surface area contributed by atoms with E-state index in [-0.39, 0.29) is 28.8 Å². The number of fused-ring (bicyclic) bond motifs is 1. The maximum Gasteiger partial charge on any atom is 0.250 e. The Morgan fingerprint density at radius 1 is 1.06 bits per heavy atom. The van der Waals surface area contributed by atoms with Crippen molar-refractivity contribution in [3.8, 4) is 5.75 Å². The number of hydrogen-bond acceptors (Lipinski definition) is 5. The van der Waals surface area contributed by atoms with Gasteiger partial charge >= 0.3 is 0 Å². The Hall–Kier alpha value is -2.47. The fourth-order valence-electron chi connectivity index (χ4n) is 3.17. The molecule has 2 amide bonds. The summed E-state index contributed by atoms with van der Waals surface area (Å²) in [6, 6.07) is 13.8. The summed E-state index contributed by atoms with van der Waals surface area (Å²) >= 11 is 0. The predicted octanol–water partition coefficient (Wildman–Crippen LogP) is 3.34. The van der Waals surface area contributed by atoms with E-state index in [1.807, 2.05) is 62.6 Å². The minimum atomic E-state index is -0.401. The molecule has 0 aliphatic rings. The molecule has 0 fully saturated rings. The van der Waals surface area contributed by atoms with Crippen molar-refractivity contribution in [3.63, 3.8) is 0 Å². The summed E-state index contributed by atoms with van der Waals surface area (Å²) < 4.78 is 6.03. The van der Waals surface area contributed by atoms with E-state index in [1.165, 1.54) is 0 Å². The van der Waals surface area contributed by atoms with Crippen molar-refractivity contribution in [1.29, 1.82) is 0 Å². The van der Waals surface area contributed by atoms with Crippen LogP contribution in [0.1, 0.15) is 32.1 Å². The molecule has 0 saturated heterocycles. The molecular formula is C24H36N3O4P. The largest absolute Gasteiger partial charge is 0.488 e. The predicted molar refractivity (Wildman–Crippen MR) is 133 cm³/mol. The van der Waals surface area contributed by atoms with Crippen LogP contribution in [0, 0.1) is 0 Å². The molecule has 0 bridgehead atoms. The number of carbonyl (C=O) groups is 2. The number of rotatable bonds is 13. The number of nitrogens with zero attached hydrogens (tertiary/aromatic N) is 1. The molecule has 1 unspecified atom stereocenters. The Kier molecular flexibility index (Phi) is 13.2. The van der Waals surface area contributed by atoms with E-state index in [0.717, 1.165) is 35.9 Å². The zero-order valence-corrected chi connectivity index (χ0v) is 20.5. The summed E-state index contributed by atoms with van der Waals surface area (Å²) in [5, 5.41) is 13.6. The number of allylic oxidation sites excluding steroid dienone is 1. The molecule has 0 heterocycles. The molecule has 176 valence electrons. The SMILES string of the molecule is CN(C)CCCNC(=O)/C(=C/CCCCC(=O)NO)COc1cccc2ccccc12.P. The summed E-state index contributed by atoms with van der Waals surface area (Å²) in [7, 11) is 4.00. The first kappa shape index (κ1) is 27.6. The lowest BCUT2D eigenvalue weighted by Crippen LogP contribution is -2.30. The van der Waals surface area contributed by atoms with Crippen LogP contribution in [0.5, 0.6) is 5.75 Å². The first-order valence-electron chi connectivity index (χ1n) is 10.7. The van der Waals surface area contributed by atoms with Gasteiger partial charge in [0.1, 0.15) is 12.4 Å². The molecule has 0 radical (unpaired) electrons. The van der Waals surface area contributed by atoms with Crippen molar-refractivity contribution < 1.29 is 19.5 Å². The van der Waals surface area contributed by atoms with E-state index < -0.39 is 5.91 Å². The number of amides is 2. The Balaban J connectivity index is 0.00000512. The summed E-state index contributed by atoms with van der Waals surface area (Å²) in [6.07, 6.45) is 5.01. The van der Waals surface area contributed by atoms with E-state index in [4.69, 9.17) is 9.94 Å². The molecule has 0 spiro atoms. The minimum absolute atomic E-state index is 0. The van der Waals surface area contributed by atoms with Crippen molar-refractivity contribution in [2.45, 2.75) is 32.1 Å². The Bertz CT molecular complexity index is 881. The molecule has 32 heavy (non-hydrogen) atoms. The molecule has 1 atom stereocenters. The van der Waals surface area contributed by atoms with Gasteiger partial charge in [0.25, 0.3) is 0 Å². The molecule has 7 nitrogen and oxygen atoms in total. The average Bonchev–Trinajstić information content (AvgIpc) is 2.78. The number of hydrogen-bond donors (Lipinski definition) is 3. The zero-order valence-electron chi connectivity index (χ0n) is 19.1. The summed E-state index contributed by atoms with van der Waals surface area (Å²) in [6.45, 7) is 1.67. The number of nitrogens with one attached hydrogen (secondary N) is 2. The van der Waals surface area contributed by atoms with Crippen molar-refractivity contribution in [2.24, 2.45) is 0 Å². The van der Waals surface area contributed by atoms with E-state index >= 15 is 0 Å². The van der Waals surface area contributed by atoms with Crippen molar-refractivity contribution >= 4 is 32.5 Å². The maximum absolute atomic E-state index is 12.7. The highest BCUT2D eigenvalue weighted by Gasteiger charge is 2.11. The molecule has 0 aliphatic heterocycles. The highest BCUT2D eigenvalue weighted by Crippen LogP contribution is 2.25. The topological polar surface area (TPSA) is 90.9 Å². The van der Waals surface area contributed by atoms with Gasteiger partial charge in [-0.15, -0.1) is 0 Å². The Morgan fingerprint density at radius 2 is 1.81 bits per heavy atom. The Labute approximate surface area is 193 Å². The zero-order chi connectivity index (χ0) is 22.5. The molecule has 0 saturated carbocycles. The fraction of sp³-hybridized carbons (Fsp3) is 0.417. The van der Waals surface area contributed by atoms with Crippen LogP contribution >= 0.6 is 9.90 Å². The van der Waals surface area contributed by atoms with Gasteiger partial charge in [-0.3, -0.25) is 14.8 Å². The molecule has 2 aromatic rings. The van der Waals surface area contributed by atoms with Gasteiger partial charge in [-0.2, -0.15) is 9.90 Å². The van der Waals surface area contributed by atoms with Crippen LogP contribution in [0.2, 0.25) is 0 Å². The van der Waals surface area contributed by atoms with Gasteiger partial charge in [-0.1, -0.05) is 42.5 Å². The van der Waals surface area contributed by atoms with Gasteiger partial charge in [0.2, 0.25) is 11.8 Å². The second kappa shape index (κ2) is 15.4. The van der Waals surface area contributed by atoms with Gasteiger partial charge in [-0.25, -0.2) is 5.48 Å². The van der Waals surface area contributed by atoms with Crippen LogP contribution in [0.3, 0.4) is 0 Å². The van der Waals surface area contributed by atoms with Crippen LogP contribution in [-0.2, 0) is 9.59 Å². The van der Waals surface area contributed by atoms with E-state index in [0.29, 0.717) is 25.0 Å². The van der Waals surface area contributed by atoms with Crippen LogP contribution in [-0.4, -0.2) is 55.7 Å². The third-order valence-electron chi connectivity index (χ3n) is 4.87. The van der Waals surface area contributed by atoms with Crippen LogP contribution < -0.4 is 15.5 Å². The third-order valence-corrected chi connectivity index (χ3v) is 4.87. The lowest BCUT2D eigenvalue weighted by molar-refractivity contribution is -0.129. The maximum atomic E-state index is 12.7. The number of carbonyl (C=O) groups excluding carboxylic acids is 2. The standard InChI is InChI=1S/C24H33N3O4.H3P/c1-27(2)17-9-16-25-24(29)20(11-4-3-5-15-23(28)26-30)18-31-22-14-8-12-19-10-6-7-13-21(19)22;/h6-8,10-14,30H,3-5,9,15-18H2,1-2H3,(H,25,29)(H,26,28);1H3/b20-11+;. The lowest BCUT2D eigenvalue weighted by atomic mass is 10.1. The third kappa shape index (κ3) is 9.77. The number of unbranched alkanes of at least 4 members (excludes halogenated alkanes) is 2. The van der Waals surface area contributed by atoms with Crippen LogP contribution in [0.25, 0.3) is 10.8 Å². The molecule has 0 aliphatic carbocycles. The van der Waals surface area contributed by atoms with E-state index in [2.05, 4.69) is 10.2 Å². The number of benzene rings is 2. The van der Waals surface area contributed by atoms with Crippen molar-refractivity contribution in [2.75, 3.05) is 33.8 Å². The van der Waals surface area contributed by atoms with Gasteiger partial charge in [0.05, 0.1) is 5.57 Å². The fourth-order valence-corrected chi connectivity index (χ4v) is 3.17. The highest BCUT2D eigenvalue weighted by atomic mass is 31.0. The molecule has 0 aromatic heterocycles. The first-order chi connectivity index (χ1) is 15.0. The van der Waals surface area contributed by atoms with E-state index in [9.17, 15) is 9.59 Å². The Morgan fingerprint density at radius 3 is 2.56 bits per heavy atom. The van der Waals surface area contributed by atoms with Gasteiger partial charge in [0, 0.05) is 18.4 Å². The number of hydroxylamine groups is 1. The second-order valence-electron chi connectivity index (χ2n) is 7.69. The smallest absolute Gasteiger partial charge is 0.250 e.